The zero-order valence-electron chi connectivity index (χ0n) is 15.4. The maximum atomic E-state index is 14.6. The fourth-order valence-corrected chi connectivity index (χ4v) is 3.27. The number of rotatable bonds is 2. The molecule has 0 fully saturated rings. The topological polar surface area (TPSA) is 121 Å². The lowest BCUT2D eigenvalue weighted by Gasteiger charge is -2.16. The molecule has 9 heteroatoms. The molecule has 29 heavy (non-hydrogen) atoms. The van der Waals surface area contributed by atoms with Crippen LogP contribution in [0.3, 0.4) is 0 Å². The van der Waals surface area contributed by atoms with Crippen molar-refractivity contribution in [1.29, 1.82) is 0 Å². The Balaban J connectivity index is 2.10. The zero-order chi connectivity index (χ0) is 20.7. The van der Waals surface area contributed by atoms with Gasteiger partial charge >= 0.3 is 0 Å². The Morgan fingerprint density at radius 2 is 1.86 bits per heavy atom. The molecular formula is C20H17F2N7. The van der Waals surface area contributed by atoms with E-state index in [0.29, 0.717) is 11.3 Å². The minimum absolute atomic E-state index is 0.0225. The number of halogens is 2. The van der Waals surface area contributed by atoms with Crippen molar-refractivity contribution in [3.05, 3.63) is 71.3 Å². The minimum atomic E-state index is -0.797. The van der Waals surface area contributed by atoms with Crippen molar-refractivity contribution >= 4 is 16.7 Å². The van der Waals surface area contributed by atoms with E-state index in [1.807, 2.05) is 25.1 Å². The van der Waals surface area contributed by atoms with Gasteiger partial charge in [0.15, 0.2) is 5.82 Å². The number of fused-ring (bicyclic) bond motifs is 1. The lowest BCUT2D eigenvalue weighted by Crippen LogP contribution is -2.34. The summed E-state index contributed by atoms with van der Waals surface area (Å²) >= 11 is 0. The van der Waals surface area contributed by atoms with Crippen molar-refractivity contribution in [2.75, 3.05) is 11.6 Å². The number of hydrogen-bond acceptors (Lipinski definition) is 6. The quantitative estimate of drug-likeness (QED) is 0.357. The lowest BCUT2D eigenvalue weighted by molar-refractivity contribution is 0.585. The van der Waals surface area contributed by atoms with Crippen molar-refractivity contribution < 1.29 is 8.78 Å². The molecule has 0 radical (unpaired) electrons. The van der Waals surface area contributed by atoms with Crippen molar-refractivity contribution in [3.63, 3.8) is 0 Å². The largest absolute Gasteiger partial charge is 0.380 e. The molecule has 146 valence electrons. The smallest absolute Gasteiger partial charge is 0.213 e. The van der Waals surface area contributed by atoms with Gasteiger partial charge < -0.3 is 17.4 Å². The third-order valence-electron chi connectivity index (χ3n) is 4.70. The fraction of sp³-hybridized carbons (Fsp3) is 0.0500. The summed E-state index contributed by atoms with van der Waals surface area (Å²) in [6.45, 7) is 1.95. The van der Waals surface area contributed by atoms with Crippen molar-refractivity contribution in [1.82, 2.24) is 14.6 Å². The molecule has 7 nitrogen and oxygen atoms in total. The molecule has 0 aliphatic carbocycles. The predicted molar refractivity (Wildman–Crippen MR) is 107 cm³/mol. The average molecular weight is 393 g/mol. The number of nitrogen functional groups attached to an aromatic ring is 2. The number of anilines is 1. The maximum Gasteiger partial charge on any atom is 0.213 e. The Labute approximate surface area is 164 Å². The summed E-state index contributed by atoms with van der Waals surface area (Å²) in [5, 5.41) is 4.48. The van der Waals surface area contributed by atoms with E-state index >= 15 is 0 Å². The predicted octanol–water partition coefficient (Wildman–Crippen LogP) is 2.42. The van der Waals surface area contributed by atoms with E-state index in [2.05, 4.69) is 15.1 Å². The molecule has 0 bridgehead atoms. The van der Waals surface area contributed by atoms with E-state index < -0.39 is 11.6 Å². The van der Waals surface area contributed by atoms with Gasteiger partial charge in [0, 0.05) is 28.8 Å². The summed E-state index contributed by atoms with van der Waals surface area (Å²) < 4.78 is 29.1. The van der Waals surface area contributed by atoms with Crippen LogP contribution in [0, 0.1) is 18.6 Å². The molecule has 2 aromatic heterocycles. The highest BCUT2D eigenvalue weighted by Crippen LogP contribution is 2.33. The van der Waals surface area contributed by atoms with Crippen LogP contribution in [-0.4, -0.2) is 14.6 Å². The van der Waals surface area contributed by atoms with Crippen LogP contribution in [0.4, 0.5) is 14.6 Å². The van der Waals surface area contributed by atoms with Gasteiger partial charge in [-0.05, 0) is 42.8 Å². The van der Waals surface area contributed by atoms with Gasteiger partial charge in [-0.2, -0.15) is 5.10 Å². The standard InChI is InChI=1S/C20H17F2N7/c1-10-6-7-26-16-5-2-11(8-14(10)16)18-17(13-4-3-12(21)9-15(13)22)27-19(23)20(28-24)29(18)25/h2-9H,24-25H2,1H3,(H2,23,27)/b28-20-. The molecule has 4 aromatic rings. The van der Waals surface area contributed by atoms with Crippen LogP contribution >= 0.6 is 0 Å². The molecule has 2 aromatic carbocycles. The van der Waals surface area contributed by atoms with Crippen LogP contribution in [0.25, 0.3) is 33.4 Å². The van der Waals surface area contributed by atoms with E-state index in [0.717, 1.165) is 33.3 Å². The normalized spacial score (nSPS) is 11.9. The van der Waals surface area contributed by atoms with E-state index in [-0.39, 0.29) is 22.6 Å². The van der Waals surface area contributed by atoms with Crippen LogP contribution < -0.4 is 22.9 Å². The van der Waals surface area contributed by atoms with Crippen molar-refractivity contribution in [2.45, 2.75) is 6.92 Å². The van der Waals surface area contributed by atoms with Crippen LogP contribution in [0.15, 0.2) is 53.8 Å². The van der Waals surface area contributed by atoms with Crippen LogP contribution in [-0.2, 0) is 0 Å². The lowest BCUT2D eigenvalue weighted by atomic mass is 10.0. The Hall–Kier alpha value is -4.01. The van der Waals surface area contributed by atoms with Crippen LogP contribution in [0.2, 0.25) is 0 Å². The fourth-order valence-electron chi connectivity index (χ4n) is 3.27. The summed E-state index contributed by atoms with van der Waals surface area (Å²) in [7, 11) is 0. The Kier molecular flexibility index (Phi) is 4.34. The molecule has 4 rings (SSSR count). The maximum absolute atomic E-state index is 14.6. The van der Waals surface area contributed by atoms with E-state index in [9.17, 15) is 8.78 Å². The number of hydrogen-bond donors (Lipinski definition) is 3. The van der Waals surface area contributed by atoms with Gasteiger partial charge in [0.25, 0.3) is 0 Å². The number of benzene rings is 2. The van der Waals surface area contributed by atoms with E-state index in [4.69, 9.17) is 17.4 Å². The van der Waals surface area contributed by atoms with Gasteiger partial charge in [-0.25, -0.2) is 18.4 Å². The molecular weight excluding hydrogens is 376 g/mol. The molecule has 0 amide bonds. The third kappa shape index (κ3) is 3.02. The summed E-state index contributed by atoms with van der Waals surface area (Å²) in [6, 6.07) is 10.5. The van der Waals surface area contributed by atoms with Gasteiger partial charge in [0.2, 0.25) is 5.49 Å². The molecule has 0 unspecified atom stereocenters. The zero-order valence-corrected chi connectivity index (χ0v) is 15.4. The Morgan fingerprint density at radius 3 is 2.59 bits per heavy atom. The number of nitrogens with two attached hydrogens (primary N) is 3. The van der Waals surface area contributed by atoms with Gasteiger partial charge in [-0.3, -0.25) is 4.98 Å². The Morgan fingerprint density at radius 1 is 1.07 bits per heavy atom. The number of nitrogens with zero attached hydrogens (tertiary/aromatic N) is 4. The SMILES string of the molecule is Cc1ccnc2ccc(-c3c(-c4ccc(F)cc4F)nc(N)/c(=N/N)n3N)cc12. The van der Waals surface area contributed by atoms with Gasteiger partial charge in [0.1, 0.15) is 17.3 Å². The average Bonchev–Trinajstić information content (AvgIpc) is 2.68. The first-order valence-corrected chi connectivity index (χ1v) is 8.63. The first-order valence-electron chi connectivity index (χ1n) is 8.63. The third-order valence-corrected chi connectivity index (χ3v) is 4.70. The monoisotopic (exact) mass is 393 g/mol. The Bertz CT molecular complexity index is 1330. The van der Waals surface area contributed by atoms with Crippen LogP contribution in [0.5, 0.6) is 0 Å². The molecule has 0 aliphatic heterocycles. The summed E-state index contributed by atoms with van der Waals surface area (Å²) in [5.74, 6) is 10.1. The number of pyridine rings is 1. The number of aromatic nitrogens is 3. The van der Waals surface area contributed by atoms with Crippen molar-refractivity contribution in [3.8, 4) is 22.5 Å². The van der Waals surface area contributed by atoms with Crippen molar-refractivity contribution in [2.24, 2.45) is 10.9 Å². The molecule has 2 heterocycles. The highest BCUT2D eigenvalue weighted by atomic mass is 19.1. The number of aryl methyl sites for hydroxylation is 1. The first kappa shape index (κ1) is 18.4. The highest BCUT2D eigenvalue weighted by molar-refractivity contribution is 5.89. The summed E-state index contributed by atoms with van der Waals surface area (Å²) in [4.78, 5) is 8.61. The second-order valence-corrected chi connectivity index (χ2v) is 6.50. The summed E-state index contributed by atoms with van der Waals surface area (Å²) in [5.41, 5.74) is 8.85. The van der Waals surface area contributed by atoms with E-state index in [1.165, 1.54) is 6.07 Å². The molecule has 0 aliphatic rings. The van der Waals surface area contributed by atoms with Gasteiger partial charge in [-0.15, -0.1) is 0 Å². The molecule has 0 atom stereocenters. The minimum Gasteiger partial charge on any atom is -0.380 e. The molecule has 0 saturated heterocycles. The van der Waals surface area contributed by atoms with E-state index in [1.54, 1.807) is 12.3 Å². The second kappa shape index (κ2) is 6.86. The highest BCUT2D eigenvalue weighted by Gasteiger charge is 2.20. The molecule has 0 spiro atoms. The van der Waals surface area contributed by atoms with Crippen LogP contribution in [0.1, 0.15) is 5.56 Å². The molecule has 0 saturated carbocycles. The summed E-state index contributed by atoms with van der Waals surface area (Å²) in [6.07, 6.45) is 1.72. The first-order chi connectivity index (χ1) is 13.9. The second-order valence-electron chi connectivity index (χ2n) is 6.50. The molecule has 6 N–H and O–H groups in total. The van der Waals surface area contributed by atoms with Gasteiger partial charge in [0.05, 0.1) is 11.2 Å². The van der Waals surface area contributed by atoms with Gasteiger partial charge in [-0.1, -0.05) is 6.07 Å².